The first kappa shape index (κ1) is 31.6. The fourth-order valence-electron chi connectivity index (χ4n) is 10.3. The predicted molar refractivity (Wildman–Crippen MR) is 236 cm³/mol. The monoisotopic (exact) mass is 739 g/mol. The molecule has 1 atom stereocenters. The van der Waals surface area contributed by atoms with E-state index in [4.69, 9.17) is 9.15 Å². The summed E-state index contributed by atoms with van der Waals surface area (Å²) in [5.74, 6) is 1.64. The van der Waals surface area contributed by atoms with Crippen molar-refractivity contribution in [1.29, 1.82) is 0 Å². The average molecular weight is 740 g/mol. The number of hydrogen-bond acceptors (Lipinski definition) is 3. The summed E-state index contributed by atoms with van der Waals surface area (Å²) in [6.45, 7) is 0. The molecule has 1 aromatic heterocycles. The van der Waals surface area contributed by atoms with E-state index in [-0.39, 0.29) is 0 Å². The van der Waals surface area contributed by atoms with Gasteiger partial charge >= 0.3 is 0 Å². The van der Waals surface area contributed by atoms with Crippen molar-refractivity contribution in [2.75, 3.05) is 4.90 Å². The maximum atomic E-state index is 6.94. The van der Waals surface area contributed by atoms with Crippen molar-refractivity contribution < 1.29 is 9.15 Å². The fraction of sp³-hybridized carbons (Fsp3) is 0.0182. The summed E-state index contributed by atoms with van der Waals surface area (Å²) in [5.41, 5.74) is 18.9. The topological polar surface area (TPSA) is 25.6 Å². The van der Waals surface area contributed by atoms with Crippen LogP contribution in [0.4, 0.5) is 17.1 Å². The van der Waals surface area contributed by atoms with Gasteiger partial charge in [0.1, 0.15) is 11.2 Å². The molecular weight excluding hydrogens is 707 g/mol. The highest BCUT2D eigenvalue weighted by Gasteiger charge is 2.53. The number of rotatable bonds is 3. The van der Waals surface area contributed by atoms with Crippen LogP contribution in [0.5, 0.6) is 11.5 Å². The van der Waals surface area contributed by atoms with Gasteiger partial charge in [0.25, 0.3) is 0 Å². The van der Waals surface area contributed by atoms with Crippen molar-refractivity contribution >= 4 is 39.0 Å². The Labute approximate surface area is 335 Å². The lowest BCUT2D eigenvalue weighted by Crippen LogP contribution is -2.26. The molecule has 9 aromatic carbocycles. The van der Waals surface area contributed by atoms with Gasteiger partial charge in [-0.2, -0.15) is 0 Å². The first-order valence-corrected chi connectivity index (χ1v) is 19.9. The van der Waals surface area contributed by atoms with Crippen LogP contribution in [0.1, 0.15) is 22.3 Å². The Morgan fingerprint density at radius 2 is 0.914 bits per heavy atom. The third-order valence-corrected chi connectivity index (χ3v) is 12.7. The zero-order valence-corrected chi connectivity index (χ0v) is 31.3. The molecule has 3 nitrogen and oxygen atoms in total. The van der Waals surface area contributed by atoms with E-state index in [9.17, 15) is 0 Å². The molecule has 58 heavy (non-hydrogen) atoms. The third-order valence-electron chi connectivity index (χ3n) is 12.7. The molecule has 2 aliphatic carbocycles. The van der Waals surface area contributed by atoms with Gasteiger partial charge in [-0.15, -0.1) is 0 Å². The maximum absolute atomic E-state index is 6.94. The van der Waals surface area contributed by atoms with Gasteiger partial charge in [-0.3, -0.25) is 0 Å². The minimum Gasteiger partial charge on any atom is -0.455 e. The number of ether oxygens (including phenoxy) is 1. The van der Waals surface area contributed by atoms with Crippen molar-refractivity contribution in [1.82, 2.24) is 0 Å². The van der Waals surface area contributed by atoms with Gasteiger partial charge in [-0.1, -0.05) is 164 Å². The number of para-hydroxylation sites is 1. The van der Waals surface area contributed by atoms with Crippen LogP contribution in [-0.2, 0) is 5.41 Å². The second-order valence-corrected chi connectivity index (χ2v) is 15.5. The van der Waals surface area contributed by atoms with Crippen LogP contribution >= 0.6 is 0 Å². The Balaban J connectivity index is 1.09. The predicted octanol–water partition coefficient (Wildman–Crippen LogP) is 14.8. The third kappa shape index (κ3) is 4.12. The fourth-order valence-corrected chi connectivity index (χ4v) is 10.3. The molecule has 0 bridgehead atoms. The van der Waals surface area contributed by atoms with Crippen molar-refractivity contribution in [2.45, 2.75) is 5.41 Å². The lowest BCUT2D eigenvalue weighted by molar-refractivity contribution is 0.477. The summed E-state index contributed by atoms with van der Waals surface area (Å²) in [4.78, 5) is 2.43. The number of hydrogen-bond donors (Lipinski definition) is 0. The van der Waals surface area contributed by atoms with Crippen LogP contribution < -0.4 is 9.64 Å². The van der Waals surface area contributed by atoms with E-state index >= 15 is 0 Å². The van der Waals surface area contributed by atoms with Crippen LogP contribution in [0.3, 0.4) is 0 Å². The van der Waals surface area contributed by atoms with E-state index in [2.05, 4.69) is 205 Å². The van der Waals surface area contributed by atoms with Crippen LogP contribution in [0.2, 0.25) is 0 Å². The second kappa shape index (κ2) is 11.7. The van der Waals surface area contributed by atoms with E-state index in [0.29, 0.717) is 0 Å². The van der Waals surface area contributed by atoms with Gasteiger partial charge in [0.2, 0.25) is 0 Å². The van der Waals surface area contributed by atoms with Gasteiger partial charge in [0.05, 0.1) is 22.5 Å². The number of benzene rings is 9. The first-order valence-electron chi connectivity index (χ1n) is 19.9. The molecule has 13 rings (SSSR count). The molecule has 0 saturated heterocycles. The van der Waals surface area contributed by atoms with Gasteiger partial charge in [0.15, 0.2) is 11.5 Å². The summed E-state index contributed by atoms with van der Waals surface area (Å²) in [6, 6.07) is 72.3. The molecule has 3 heteroatoms. The van der Waals surface area contributed by atoms with Crippen molar-refractivity contribution in [3.63, 3.8) is 0 Å². The minimum absolute atomic E-state index is 0.548. The normalized spacial score (nSPS) is 15.4. The number of fused-ring (bicyclic) bond motifs is 16. The lowest BCUT2D eigenvalue weighted by Gasteiger charge is -2.35. The van der Waals surface area contributed by atoms with Gasteiger partial charge in [-0.25, -0.2) is 0 Å². The zero-order valence-electron chi connectivity index (χ0n) is 31.3. The van der Waals surface area contributed by atoms with Gasteiger partial charge < -0.3 is 14.1 Å². The standard InChI is InChI=1S/C55H33NO2/c1-3-14-34(15-4-1)36-26-30-46-50(32-36)57-51-33-37(35-16-5-2-6-17-35)27-31-47(51)56(46)48-24-13-23-44-52(48)40-19-7-10-21-42(40)55(44)43-22-11-8-20-41(43)53-45(55)29-28-39-38-18-9-12-25-49(38)58-54(39)53/h1-33H. The summed E-state index contributed by atoms with van der Waals surface area (Å²) >= 11 is 0. The zero-order chi connectivity index (χ0) is 38.0. The number of furan rings is 1. The largest absolute Gasteiger partial charge is 0.455 e. The highest BCUT2D eigenvalue weighted by molar-refractivity contribution is 6.13. The first-order chi connectivity index (χ1) is 28.8. The van der Waals surface area contributed by atoms with E-state index in [1.807, 2.05) is 0 Å². The van der Waals surface area contributed by atoms with Crippen LogP contribution in [0.25, 0.3) is 66.4 Å². The molecule has 270 valence electrons. The quantitative estimate of drug-likeness (QED) is 0.180. The highest BCUT2D eigenvalue weighted by atomic mass is 16.5. The van der Waals surface area contributed by atoms with Crippen LogP contribution in [0.15, 0.2) is 205 Å². The van der Waals surface area contributed by atoms with Gasteiger partial charge in [0, 0.05) is 21.9 Å². The Morgan fingerprint density at radius 1 is 0.362 bits per heavy atom. The SMILES string of the molecule is c1ccc(-c2ccc3c(c2)Oc2cc(-c4ccccc4)ccc2N3c2cccc3c2-c2ccccc2C32c3ccccc3-c3c2ccc2c3oc3ccccc32)cc1. The summed E-state index contributed by atoms with van der Waals surface area (Å²) < 4.78 is 13.7. The molecule has 1 unspecified atom stereocenters. The molecule has 0 N–H and O–H groups in total. The minimum atomic E-state index is -0.548. The van der Waals surface area contributed by atoms with Crippen molar-refractivity contribution in [3.05, 3.63) is 222 Å². The number of anilines is 3. The molecule has 0 saturated carbocycles. The van der Waals surface area contributed by atoms with Crippen LogP contribution in [0, 0.1) is 0 Å². The molecule has 0 amide bonds. The van der Waals surface area contributed by atoms with E-state index in [0.717, 1.165) is 72.8 Å². The highest BCUT2D eigenvalue weighted by Crippen LogP contribution is 2.66. The average Bonchev–Trinajstić information content (AvgIpc) is 3.93. The second-order valence-electron chi connectivity index (χ2n) is 15.5. The van der Waals surface area contributed by atoms with Crippen molar-refractivity contribution in [3.8, 4) is 56.0 Å². The van der Waals surface area contributed by atoms with E-state index in [1.165, 1.54) is 44.5 Å². The van der Waals surface area contributed by atoms with E-state index < -0.39 is 5.41 Å². The van der Waals surface area contributed by atoms with Crippen LogP contribution in [-0.4, -0.2) is 0 Å². The molecule has 1 aliphatic heterocycles. The smallest absolute Gasteiger partial charge is 0.152 e. The summed E-state index contributed by atoms with van der Waals surface area (Å²) in [5, 5.41) is 2.29. The van der Waals surface area contributed by atoms with E-state index in [1.54, 1.807) is 0 Å². The van der Waals surface area contributed by atoms with Gasteiger partial charge in [-0.05, 0) is 92.0 Å². The Kier molecular flexibility index (Phi) is 6.37. The summed E-state index contributed by atoms with van der Waals surface area (Å²) in [7, 11) is 0. The Morgan fingerprint density at radius 3 is 1.59 bits per heavy atom. The molecule has 2 heterocycles. The molecule has 0 radical (unpaired) electrons. The molecule has 10 aromatic rings. The van der Waals surface area contributed by atoms with Crippen molar-refractivity contribution in [2.24, 2.45) is 0 Å². The molecule has 0 fully saturated rings. The molecule has 3 aliphatic rings. The Bertz CT molecular complexity index is 3240. The maximum Gasteiger partial charge on any atom is 0.152 e. The summed E-state index contributed by atoms with van der Waals surface area (Å²) in [6.07, 6.45) is 0. The number of nitrogens with zero attached hydrogens (tertiary/aromatic N) is 1. The lowest BCUT2D eigenvalue weighted by atomic mass is 9.70. The molecule has 1 spiro atoms. The Hall–Kier alpha value is -7.62. The molecular formula is C55H33NO2.